The monoisotopic (exact) mass is 487 g/mol. The number of hydrogen-bond acceptors (Lipinski definition) is 3. The molecule has 1 N–H and O–H groups in total. The second-order valence-electron chi connectivity index (χ2n) is 11.5. The minimum absolute atomic E-state index is 0.237. The Morgan fingerprint density at radius 3 is 2.36 bits per heavy atom. The Labute approximate surface area is 208 Å². The molecule has 4 saturated carbocycles. The molecular weight excluding hydrogens is 453 g/mol. The van der Waals surface area contributed by atoms with Crippen LogP contribution in [0.5, 0.6) is 11.5 Å². The Hall–Kier alpha value is -1.42. The van der Waals surface area contributed by atoms with Gasteiger partial charge in [0.2, 0.25) is 0 Å². The zero-order valence-corrected chi connectivity index (χ0v) is 21.5. The van der Waals surface area contributed by atoms with Crippen LogP contribution < -0.4 is 14.8 Å². The van der Waals surface area contributed by atoms with Crippen LogP contribution in [0.25, 0.3) is 0 Å². The van der Waals surface area contributed by atoms with Gasteiger partial charge in [0, 0.05) is 33.3 Å². The molecule has 0 heterocycles. The van der Waals surface area contributed by atoms with Crippen LogP contribution in [0, 0.1) is 16.7 Å². The third kappa shape index (κ3) is 4.74. The first-order valence-corrected chi connectivity index (χ1v) is 13.0. The maximum Gasteiger partial charge on any atom is 0.166 e. The Morgan fingerprint density at radius 2 is 1.70 bits per heavy atom. The third-order valence-corrected chi connectivity index (χ3v) is 8.61. The predicted molar refractivity (Wildman–Crippen MR) is 135 cm³/mol. The van der Waals surface area contributed by atoms with Gasteiger partial charge in [-0.2, -0.15) is 0 Å². The van der Waals surface area contributed by atoms with E-state index in [1.165, 1.54) is 38.5 Å². The Balaban J connectivity index is 1.36. The summed E-state index contributed by atoms with van der Waals surface area (Å²) in [6.07, 6.45) is 8.07. The zero-order valence-electron chi connectivity index (χ0n) is 20.0. The molecule has 3 nitrogen and oxygen atoms in total. The topological polar surface area (TPSA) is 30.5 Å². The van der Waals surface area contributed by atoms with Crippen molar-refractivity contribution in [3.63, 3.8) is 0 Å². The van der Waals surface area contributed by atoms with Gasteiger partial charge in [-0.15, -0.1) is 0 Å². The van der Waals surface area contributed by atoms with Crippen molar-refractivity contribution < 1.29 is 9.47 Å². The van der Waals surface area contributed by atoms with Crippen LogP contribution in [-0.4, -0.2) is 12.1 Å². The Kier molecular flexibility index (Phi) is 6.12. The summed E-state index contributed by atoms with van der Waals surface area (Å²) >= 11 is 12.5. The minimum atomic E-state index is 0.237. The number of halogens is 2. The van der Waals surface area contributed by atoms with Gasteiger partial charge < -0.3 is 14.8 Å². The number of hydrogen-bond donors (Lipinski definition) is 1. The molecule has 4 aliphatic carbocycles. The molecule has 178 valence electrons. The number of benzene rings is 2. The first kappa shape index (κ1) is 23.3. The zero-order chi connectivity index (χ0) is 23.3. The number of nitrogens with one attached hydrogen (secondary N) is 1. The highest BCUT2D eigenvalue weighted by atomic mass is 35.5. The minimum Gasteiger partial charge on any atom is -0.490 e. The first-order valence-electron chi connectivity index (χ1n) is 12.3. The van der Waals surface area contributed by atoms with Gasteiger partial charge >= 0.3 is 0 Å². The molecule has 0 amide bonds. The van der Waals surface area contributed by atoms with Crippen molar-refractivity contribution in [1.29, 1.82) is 0 Å². The summed E-state index contributed by atoms with van der Waals surface area (Å²) in [5.41, 5.74) is 3.25. The average Bonchev–Trinajstić information content (AvgIpc) is 2.70. The normalized spacial score (nSPS) is 32.2. The van der Waals surface area contributed by atoms with E-state index in [9.17, 15) is 0 Å². The van der Waals surface area contributed by atoms with Gasteiger partial charge in [0.05, 0.1) is 6.61 Å². The second kappa shape index (κ2) is 8.66. The van der Waals surface area contributed by atoms with Crippen LogP contribution in [0.2, 0.25) is 10.0 Å². The fourth-order valence-corrected chi connectivity index (χ4v) is 8.31. The molecule has 2 atom stereocenters. The lowest BCUT2D eigenvalue weighted by Crippen LogP contribution is -2.63. The van der Waals surface area contributed by atoms with E-state index in [0.29, 0.717) is 34.1 Å². The quantitative estimate of drug-likeness (QED) is 0.411. The van der Waals surface area contributed by atoms with Crippen molar-refractivity contribution in [2.45, 2.75) is 78.0 Å². The number of rotatable bonds is 8. The lowest BCUT2D eigenvalue weighted by atomic mass is 9.43. The summed E-state index contributed by atoms with van der Waals surface area (Å²) in [7, 11) is 0. The number of para-hydroxylation sites is 1. The van der Waals surface area contributed by atoms with Crippen LogP contribution in [0.3, 0.4) is 0 Å². The van der Waals surface area contributed by atoms with Crippen LogP contribution in [0.1, 0.15) is 70.4 Å². The van der Waals surface area contributed by atoms with E-state index in [1.54, 1.807) is 6.07 Å². The predicted octanol–water partition coefficient (Wildman–Crippen LogP) is 7.81. The van der Waals surface area contributed by atoms with E-state index in [-0.39, 0.29) is 5.54 Å². The fraction of sp³-hybridized carbons (Fsp3) is 0.571. The van der Waals surface area contributed by atoms with Crippen LogP contribution >= 0.6 is 23.2 Å². The summed E-state index contributed by atoms with van der Waals surface area (Å²) < 4.78 is 12.3. The lowest BCUT2D eigenvalue weighted by Gasteiger charge is -2.65. The molecule has 2 unspecified atom stereocenters. The smallest absolute Gasteiger partial charge is 0.166 e. The highest BCUT2D eigenvalue weighted by molar-refractivity contribution is 6.35. The van der Waals surface area contributed by atoms with Crippen LogP contribution in [0.4, 0.5) is 0 Å². The molecule has 4 fully saturated rings. The summed E-state index contributed by atoms with van der Waals surface area (Å²) in [6, 6.07) is 11.7. The van der Waals surface area contributed by atoms with Gasteiger partial charge in [-0.1, -0.05) is 55.2 Å². The highest BCUT2D eigenvalue weighted by Crippen LogP contribution is 2.66. The molecular formula is C28H35Cl2NO2. The molecule has 4 bridgehead atoms. The fourth-order valence-electron chi connectivity index (χ4n) is 7.85. The second-order valence-corrected chi connectivity index (χ2v) is 12.3. The van der Waals surface area contributed by atoms with Crippen LogP contribution in [0.15, 0.2) is 36.4 Å². The Bertz CT molecular complexity index is 1020. The van der Waals surface area contributed by atoms with Crippen molar-refractivity contribution in [2.24, 2.45) is 16.7 Å². The summed E-state index contributed by atoms with van der Waals surface area (Å²) in [4.78, 5) is 0. The van der Waals surface area contributed by atoms with E-state index in [1.807, 2.05) is 25.1 Å². The molecule has 0 radical (unpaired) electrons. The first-order chi connectivity index (χ1) is 15.7. The molecule has 5 heteroatoms. The molecule has 0 saturated heterocycles. The van der Waals surface area contributed by atoms with Gasteiger partial charge in [-0.05, 0) is 80.4 Å². The van der Waals surface area contributed by atoms with Crippen molar-refractivity contribution in [3.05, 3.63) is 57.6 Å². The van der Waals surface area contributed by atoms with Gasteiger partial charge in [0.15, 0.2) is 11.5 Å². The lowest BCUT2D eigenvalue weighted by molar-refractivity contribution is -0.118. The molecule has 2 aromatic rings. The maximum absolute atomic E-state index is 6.39. The van der Waals surface area contributed by atoms with E-state index >= 15 is 0 Å². The highest BCUT2D eigenvalue weighted by Gasteiger charge is 2.59. The largest absolute Gasteiger partial charge is 0.490 e. The van der Waals surface area contributed by atoms with Crippen molar-refractivity contribution in [2.75, 3.05) is 6.61 Å². The Morgan fingerprint density at radius 1 is 0.939 bits per heavy atom. The van der Waals surface area contributed by atoms with Gasteiger partial charge in [0.1, 0.15) is 6.61 Å². The average molecular weight is 488 g/mol. The SMILES string of the molecule is CCOc1cccc(CNC23CC4CC(C)(CC(C)(C4)C2)C3)c1OCc1ccc(Cl)cc1Cl. The standard InChI is InChI=1S/C28H35Cl2NO2/c1-4-32-24-7-5-6-20(25(24)33-15-21-8-9-22(29)10-23(21)30)14-31-28-13-19-11-26(2,17-28)16-27(3,12-19)18-28/h5-10,19,31H,4,11-18H2,1-3H3. The molecule has 4 aliphatic rings. The molecule has 0 aromatic heterocycles. The summed E-state index contributed by atoms with van der Waals surface area (Å²) in [5, 5.41) is 5.28. The molecule has 6 rings (SSSR count). The summed E-state index contributed by atoms with van der Waals surface area (Å²) in [5.74, 6) is 2.45. The van der Waals surface area contributed by atoms with E-state index < -0.39 is 0 Å². The van der Waals surface area contributed by atoms with Crippen molar-refractivity contribution in [1.82, 2.24) is 5.32 Å². The maximum atomic E-state index is 6.39. The molecule has 0 aliphatic heterocycles. The molecule has 2 aromatic carbocycles. The number of ether oxygens (including phenoxy) is 2. The van der Waals surface area contributed by atoms with E-state index in [4.69, 9.17) is 32.7 Å². The van der Waals surface area contributed by atoms with Gasteiger partial charge in [-0.25, -0.2) is 0 Å². The van der Waals surface area contributed by atoms with E-state index in [0.717, 1.165) is 35.1 Å². The van der Waals surface area contributed by atoms with Gasteiger partial charge in [-0.3, -0.25) is 0 Å². The summed E-state index contributed by atoms with van der Waals surface area (Å²) in [6.45, 7) is 8.79. The van der Waals surface area contributed by atoms with Gasteiger partial charge in [0.25, 0.3) is 0 Å². The third-order valence-electron chi connectivity index (χ3n) is 8.03. The van der Waals surface area contributed by atoms with Crippen LogP contribution in [-0.2, 0) is 13.2 Å². The van der Waals surface area contributed by atoms with Crippen molar-refractivity contribution >= 4 is 23.2 Å². The van der Waals surface area contributed by atoms with Crippen molar-refractivity contribution in [3.8, 4) is 11.5 Å². The molecule has 0 spiro atoms. The molecule has 33 heavy (non-hydrogen) atoms. The van der Waals surface area contributed by atoms with E-state index in [2.05, 4.69) is 31.3 Å².